The number of hydrogen-bond acceptors (Lipinski definition) is 5. The van der Waals surface area contributed by atoms with Gasteiger partial charge in [-0.05, 0) is 32.0 Å². The third-order valence-corrected chi connectivity index (χ3v) is 5.34. The zero-order valence-corrected chi connectivity index (χ0v) is 18.4. The summed E-state index contributed by atoms with van der Waals surface area (Å²) in [6.45, 7) is 7.41. The second-order valence-corrected chi connectivity index (χ2v) is 8.73. The van der Waals surface area contributed by atoms with E-state index in [0.29, 0.717) is 22.4 Å². The Morgan fingerprint density at radius 1 is 1.22 bits per heavy atom. The van der Waals surface area contributed by atoms with E-state index < -0.39 is 28.9 Å². The standard InChI is InChI=1S/C22H23F2N5O3/c1-11(2)32-21(31)13-9-29(20(30)12-6-7-14(23)15(24)8-12)10-22(3,4)16-17(13)25-19-18(16)26-27-28(19)5/h6-9,11,25H,10H2,1-5H3. The van der Waals surface area contributed by atoms with Gasteiger partial charge in [0.25, 0.3) is 5.91 Å². The molecule has 0 aliphatic carbocycles. The molecule has 10 heteroatoms. The highest BCUT2D eigenvalue weighted by Gasteiger charge is 2.39. The van der Waals surface area contributed by atoms with E-state index in [1.54, 1.807) is 25.6 Å². The summed E-state index contributed by atoms with van der Waals surface area (Å²) in [7, 11) is 1.73. The molecule has 2 aromatic heterocycles. The normalized spacial score (nSPS) is 15.5. The van der Waals surface area contributed by atoms with Crippen LogP contribution in [-0.2, 0) is 22.0 Å². The van der Waals surface area contributed by atoms with E-state index in [1.165, 1.54) is 17.2 Å². The number of aromatic amines is 1. The molecule has 1 amide bonds. The molecular weight excluding hydrogens is 420 g/mol. The molecule has 0 saturated carbocycles. The molecule has 4 rings (SSSR count). The average molecular weight is 443 g/mol. The Balaban J connectivity index is 1.89. The number of aryl methyl sites for hydroxylation is 1. The van der Waals surface area contributed by atoms with Crippen LogP contribution in [0.3, 0.4) is 0 Å². The van der Waals surface area contributed by atoms with Crippen LogP contribution in [0.5, 0.6) is 0 Å². The zero-order valence-electron chi connectivity index (χ0n) is 18.4. The van der Waals surface area contributed by atoms with Crippen molar-refractivity contribution in [2.45, 2.75) is 39.2 Å². The van der Waals surface area contributed by atoms with Crippen LogP contribution in [0.1, 0.15) is 49.3 Å². The number of rotatable bonds is 3. The lowest BCUT2D eigenvalue weighted by molar-refractivity contribution is -0.140. The molecule has 1 aliphatic heterocycles. The first-order valence-corrected chi connectivity index (χ1v) is 10.1. The predicted molar refractivity (Wildman–Crippen MR) is 112 cm³/mol. The molecule has 1 aliphatic rings. The Morgan fingerprint density at radius 3 is 2.59 bits per heavy atom. The Morgan fingerprint density at radius 2 is 1.94 bits per heavy atom. The number of carbonyl (C=O) groups is 2. The summed E-state index contributed by atoms with van der Waals surface area (Å²) in [5.74, 6) is -3.37. The quantitative estimate of drug-likeness (QED) is 0.627. The van der Waals surface area contributed by atoms with Crippen molar-refractivity contribution in [2.75, 3.05) is 6.54 Å². The SMILES string of the molecule is CC(C)OC(=O)C1=CN(C(=O)c2ccc(F)c(F)c2)CC(C)(C)c2c1[nH]c1c2nnn1C. The number of H-pyrrole nitrogens is 1. The van der Waals surface area contributed by atoms with Gasteiger partial charge in [0.1, 0.15) is 5.52 Å². The Bertz CT molecular complexity index is 1270. The largest absolute Gasteiger partial charge is 0.459 e. The maximum absolute atomic E-state index is 13.8. The van der Waals surface area contributed by atoms with E-state index in [1.807, 2.05) is 13.8 Å². The topological polar surface area (TPSA) is 93.1 Å². The maximum Gasteiger partial charge on any atom is 0.342 e. The highest BCUT2D eigenvalue weighted by molar-refractivity contribution is 6.18. The first kappa shape index (κ1) is 21.7. The van der Waals surface area contributed by atoms with Crippen LogP contribution >= 0.6 is 0 Å². The molecular formula is C22H23F2N5O3. The van der Waals surface area contributed by atoms with Crippen molar-refractivity contribution in [2.24, 2.45) is 7.05 Å². The number of nitrogens with one attached hydrogen (secondary N) is 1. The van der Waals surface area contributed by atoms with Crippen molar-refractivity contribution in [3.05, 3.63) is 52.9 Å². The van der Waals surface area contributed by atoms with E-state index in [2.05, 4.69) is 15.3 Å². The van der Waals surface area contributed by atoms with Crippen LogP contribution < -0.4 is 0 Å². The molecule has 168 valence electrons. The number of carbonyl (C=O) groups excluding carboxylic acids is 2. The summed E-state index contributed by atoms with van der Waals surface area (Å²) in [5.41, 5.74) is 1.83. The van der Waals surface area contributed by atoms with Crippen LogP contribution in [0.25, 0.3) is 16.7 Å². The first-order valence-electron chi connectivity index (χ1n) is 10.1. The molecule has 0 spiro atoms. The lowest BCUT2D eigenvalue weighted by Crippen LogP contribution is -2.37. The van der Waals surface area contributed by atoms with Gasteiger partial charge in [0, 0.05) is 36.3 Å². The predicted octanol–water partition coefficient (Wildman–Crippen LogP) is 3.30. The number of amides is 1. The first-order chi connectivity index (χ1) is 15.0. The van der Waals surface area contributed by atoms with Gasteiger partial charge in [-0.2, -0.15) is 0 Å². The number of nitrogens with zero attached hydrogens (tertiary/aromatic N) is 4. The van der Waals surface area contributed by atoms with Crippen molar-refractivity contribution in [1.82, 2.24) is 24.9 Å². The lowest BCUT2D eigenvalue weighted by Gasteiger charge is -2.29. The lowest BCUT2D eigenvalue weighted by atomic mass is 9.83. The van der Waals surface area contributed by atoms with Gasteiger partial charge in [0.15, 0.2) is 17.3 Å². The van der Waals surface area contributed by atoms with Gasteiger partial charge in [-0.1, -0.05) is 19.1 Å². The second kappa shape index (κ2) is 7.54. The number of benzene rings is 1. The van der Waals surface area contributed by atoms with Gasteiger partial charge in [0.2, 0.25) is 0 Å². The molecule has 1 N–H and O–H groups in total. The van der Waals surface area contributed by atoms with E-state index in [4.69, 9.17) is 4.74 Å². The van der Waals surface area contributed by atoms with Crippen LogP contribution in [0.2, 0.25) is 0 Å². The van der Waals surface area contributed by atoms with Gasteiger partial charge in [-0.15, -0.1) is 5.10 Å². The zero-order chi connectivity index (χ0) is 23.4. The number of halogens is 2. The summed E-state index contributed by atoms with van der Waals surface area (Å²) in [4.78, 5) is 30.8. The molecule has 3 aromatic rings. The molecule has 0 radical (unpaired) electrons. The number of ether oxygens (including phenoxy) is 1. The summed E-state index contributed by atoms with van der Waals surface area (Å²) < 4.78 is 34.1. The smallest absolute Gasteiger partial charge is 0.342 e. The third kappa shape index (κ3) is 3.55. The van der Waals surface area contributed by atoms with Crippen molar-refractivity contribution < 1.29 is 23.1 Å². The van der Waals surface area contributed by atoms with Crippen molar-refractivity contribution >= 4 is 28.6 Å². The van der Waals surface area contributed by atoms with Gasteiger partial charge in [-0.25, -0.2) is 18.3 Å². The summed E-state index contributed by atoms with van der Waals surface area (Å²) in [6.07, 6.45) is 1.01. The van der Waals surface area contributed by atoms with Crippen LogP contribution in [0.15, 0.2) is 24.4 Å². The van der Waals surface area contributed by atoms with Gasteiger partial charge >= 0.3 is 5.97 Å². The maximum atomic E-state index is 13.8. The van der Waals surface area contributed by atoms with Crippen LogP contribution in [0.4, 0.5) is 8.78 Å². The Kier molecular flexibility index (Phi) is 5.10. The van der Waals surface area contributed by atoms with Crippen LogP contribution in [0, 0.1) is 11.6 Å². The van der Waals surface area contributed by atoms with Crippen molar-refractivity contribution in [1.29, 1.82) is 0 Å². The van der Waals surface area contributed by atoms with Gasteiger partial charge in [-0.3, -0.25) is 4.79 Å². The second-order valence-electron chi connectivity index (χ2n) is 8.73. The fourth-order valence-corrected chi connectivity index (χ4v) is 3.95. The molecule has 0 fully saturated rings. The number of fused-ring (bicyclic) bond motifs is 3. The van der Waals surface area contributed by atoms with Gasteiger partial charge < -0.3 is 14.6 Å². The average Bonchev–Trinajstić information content (AvgIpc) is 3.22. The minimum atomic E-state index is -1.13. The van der Waals surface area contributed by atoms with Gasteiger partial charge in [0.05, 0.1) is 17.4 Å². The Labute approximate surface area is 182 Å². The molecule has 0 saturated heterocycles. The molecule has 1 aromatic carbocycles. The monoisotopic (exact) mass is 443 g/mol. The minimum Gasteiger partial charge on any atom is -0.459 e. The van der Waals surface area contributed by atoms with E-state index in [0.717, 1.165) is 12.1 Å². The molecule has 32 heavy (non-hydrogen) atoms. The summed E-state index contributed by atoms with van der Waals surface area (Å²) >= 11 is 0. The fraction of sp³-hybridized carbons (Fsp3) is 0.364. The van der Waals surface area contributed by atoms with E-state index in [-0.39, 0.29) is 23.8 Å². The van der Waals surface area contributed by atoms with E-state index in [9.17, 15) is 18.4 Å². The summed E-state index contributed by atoms with van der Waals surface area (Å²) in [5, 5.41) is 8.28. The molecule has 0 unspecified atom stereocenters. The van der Waals surface area contributed by atoms with E-state index >= 15 is 0 Å². The number of aromatic nitrogens is 4. The molecule has 3 heterocycles. The molecule has 0 atom stereocenters. The molecule has 8 nitrogen and oxygen atoms in total. The molecule has 0 bridgehead atoms. The fourth-order valence-electron chi connectivity index (χ4n) is 3.95. The number of hydrogen-bond donors (Lipinski definition) is 1. The highest BCUT2D eigenvalue weighted by atomic mass is 19.2. The van der Waals surface area contributed by atoms with Crippen molar-refractivity contribution in [3.8, 4) is 0 Å². The van der Waals surface area contributed by atoms with Crippen LogP contribution in [-0.4, -0.2) is 49.4 Å². The highest BCUT2D eigenvalue weighted by Crippen LogP contribution is 2.39. The van der Waals surface area contributed by atoms with Crippen molar-refractivity contribution in [3.63, 3.8) is 0 Å². The summed E-state index contributed by atoms with van der Waals surface area (Å²) in [6, 6.07) is 2.95. The number of esters is 1. The third-order valence-electron chi connectivity index (χ3n) is 5.34. The Hall–Kier alpha value is -3.56. The minimum absolute atomic E-state index is 0.0391.